The first-order chi connectivity index (χ1) is 7.22. The van der Waals surface area contributed by atoms with Gasteiger partial charge in [-0.3, -0.25) is 4.79 Å². The lowest BCUT2D eigenvalue weighted by molar-refractivity contribution is -0.142. The first kappa shape index (κ1) is 12.0. The predicted octanol–water partition coefficient (Wildman–Crippen LogP) is 1.99. The van der Waals surface area contributed by atoms with E-state index >= 15 is 0 Å². The van der Waals surface area contributed by atoms with Crippen molar-refractivity contribution in [2.45, 2.75) is 13.5 Å². The second kappa shape index (κ2) is 6.43. The molecule has 1 N–H and O–H groups in total. The van der Waals surface area contributed by atoms with Crippen LogP contribution in [0.25, 0.3) is 0 Å². The van der Waals surface area contributed by atoms with Crippen molar-refractivity contribution in [1.29, 1.82) is 0 Å². The fraction of sp³-hybridized carbons (Fsp3) is 0.364. The van der Waals surface area contributed by atoms with Crippen LogP contribution >= 0.6 is 11.6 Å². The lowest BCUT2D eigenvalue weighted by atomic mass is 10.2. The molecule has 0 saturated heterocycles. The zero-order chi connectivity index (χ0) is 11.1. The molecular formula is C11H14ClNO2. The van der Waals surface area contributed by atoms with E-state index in [4.69, 9.17) is 16.3 Å². The minimum absolute atomic E-state index is 0.223. The van der Waals surface area contributed by atoms with E-state index in [1.807, 2.05) is 24.3 Å². The van der Waals surface area contributed by atoms with Gasteiger partial charge in [-0.2, -0.15) is 0 Å². The number of esters is 1. The summed E-state index contributed by atoms with van der Waals surface area (Å²) in [6.07, 6.45) is 0. The van der Waals surface area contributed by atoms with Gasteiger partial charge in [-0.05, 0) is 24.6 Å². The third-order valence-corrected chi connectivity index (χ3v) is 2.03. The van der Waals surface area contributed by atoms with Crippen molar-refractivity contribution in [1.82, 2.24) is 5.32 Å². The summed E-state index contributed by atoms with van der Waals surface area (Å²) in [7, 11) is 0. The second-order valence-corrected chi connectivity index (χ2v) is 3.47. The number of ether oxygens (including phenoxy) is 1. The number of nitrogens with one attached hydrogen (secondary N) is 1. The number of carbonyl (C=O) groups is 1. The number of benzene rings is 1. The summed E-state index contributed by atoms with van der Waals surface area (Å²) < 4.78 is 4.78. The number of hydrogen-bond donors (Lipinski definition) is 1. The molecule has 1 aromatic carbocycles. The fourth-order valence-corrected chi connectivity index (χ4v) is 1.38. The van der Waals surface area contributed by atoms with Gasteiger partial charge < -0.3 is 10.1 Å². The predicted molar refractivity (Wildman–Crippen MR) is 59.8 cm³/mol. The Bertz CT molecular complexity index is 328. The summed E-state index contributed by atoms with van der Waals surface area (Å²) in [5, 5.41) is 3.68. The summed E-state index contributed by atoms with van der Waals surface area (Å²) in [5.41, 5.74) is 1.05. The summed E-state index contributed by atoms with van der Waals surface area (Å²) in [6, 6.07) is 7.50. The summed E-state index contributed by atoms with van der Waals surface area (Å²) >= 11 is 5.82. The van der Waals surface area contributed by atoms with E-state index in [0.29, 0.717) is 18.2 Å². The van der Waals surface area contributed by atoms with Gasteiger partial charge in [0.15, 0.2) is 0 Å². The van der Waals surface area contributed by atoms with Crippen molar-refractivity contribution in [2.24, 2.45) is 0 Å². The smallest absolute Gasteiger partial charge is 0.319 e. The van der Waals surface area contributed by atoms with Crippen molar-refractivity contribution >= 4 is 17.6 Å². The van der Waals surface area contributed by atoms with Crippen molar-refractivity contribution < 1.29 is 9.53 Å². The molecule has 0 bridgehead atoms. The largest absolute Gasteiger partial charge is 0.465 e. The lowest BCUT2D eigenvalue weighted by Gasteiger charge is -2.04. The van der Waals surface area contributed by atoms with Gasteiger partial charge in [0.1, 0.15) is 0 Å². The maximum absolute atomic E-state index is 11.0. The Kier molecular flexibility index (Phi) is 5.15. The quantitative estimate of drug-likeness (QED) is 0.782. The molecule has 0 saturated carbocycles. The third kappa shape index (κ3) is 4.81. The molecule has 0 radical (unpaired) electrons. The normalized spacial score (nSPS) is 10.0. The van der Waals surface area contributed by atoms with Crippen LogP contribution in [0.5, 0.6) is 0 Å². The highest BCUT2D eigenvalue weighted by molar-refractivity contribution is 6.30. The molecule has 15 heavy (non-hydrogen) atoms. The highest BCUT2D eigenvalue weighted by atomic mass is 35.5. The monoisotopic (exact) mass is 227 g/mol. The van der Waals surface area contributed by atoms with Crippen LogP contribution in [-0.2, 0) is 16.1 Å². The standard InChI is InChI=1S/C11H14ClNO2/c1-2-15-11(14)8-13-7-9-4-3-5-10(12)6-9/h3-6,13H,2,7-8H2,1H3. The number of rotatable bonds is 5. The van der Waals surface area contributed by atoms with E-state index in [1.165, 1.54) is 0 Å². The van der Waals surface area contributed by atoms with Crippen molar-refractivity contribution in [3.8, 4) is 0 Å². The van der Waals surface area contributed by atoms with Crippen LogP contribution < -0.4 is 5.32 Å². The van der Waals surface area contributed by atoms with Crippen molar-refractivity contribution in [3.05, 3.63) is 34.9 Å². The molecule has 82 valence electrons. The Morgan fingerprint density at radius 1 is 1.53 bits per heavy atom. The SMILES string of the molecule is CCOC(=O)CNCc1cccc(Cl)c1. The van der Waals surface area contributed by atoms with Crippen LogP contribution in [0.3, 0.4) is 0 Å². The topological polar surface area (TPSA) is 38.3 Å². The van der Waals surface area contributed by atoms with Crippen molar-refractivity contribution in [2.75, 3.05) is 13.2 Å². The molecule has 1 aromatic rings. The summed E-state index contributed by atoms with van der Waals surface area (Å²) in [4.78, 5) is 11.0. The molecular weight excluding hydrogens is 214 g/mol. The van der Waals surface area contributed by atoms with Crippen molar-refractivity contribution in [3.63, 3.8) is 0 Å². The molecule has 0 amide bonds. The van der Waals surface area contributed by atoms with Crippen LogP contribution in [0.2, 0.25) is 5.02 Å². The van der Waals surface area contributed by atoms with E-state index < -0.39 is 0 Å². The van der Waals surface area contributed by atoms with Gasteiger partial charge in [-0.1, -0.05) is 23.7 Å². The number of halogens is 1. The Balaban J connectivity index is 2.28. The molecule has 0 aliphatic heterocycles. The molecule has 0 heterocycles. The fourth-order valence-electron chi connectivity index (χ4n) is 1.17. The lowest BCUT2D eigenvalue weighted by Crippen LogP contribution is -2.24. The van der Waals surface area contributed by atoms with E-state index in [-0.39, 0.29) is 12.5 Å². The molecule has 1 rings (SSSR count). The maximum atomic E-state index is 11.0. The van der Waals surface area contributed by atoms with Gasteiger partial charge in [0.05, 0.1) is 13.2 Å². The zero-order valence-electron chi connectivity index (χ0n) is 8.63. The Hall–Kier alpha value is -1.06. The number of hydrogen-bond acceptors (Lipinski definition) is 3. The summed E-state index contributed by atoms with van der Waals surface area (Å²) in [5.74, 6) is -0.237. The highest BCUT2D eigenvalue weighted by Gasteiger charge is 2.00. The molecule has 4 heteroatoms. The Morgan fingerprint density at radius 3 is 3.00 bits per heavy atom. The van der Waals surface area contributed by atoms with Gasteiger partial charge in [0.25, 0.3) is 0 Å². The molecule has 0 unspecified atom stereocenters. The molecule has 0 aliphatic carbocycles. The molecule has 0 fully saturated rings. The molecule has 0 spiro atoms. The molecule has 0 aliphatic rings. The molecule has 3 nitrogen and oxygen atoms in total. The second-order valence-electron chi connectivity index (χ2n) is 3.04. The van der Waals surface area contributed by atoms with Gasteiger partial charge in [0, 0.05) is 11.6 Å². The van der Waals surface area contributed by atoms with Gasteiger partial charge in [0.2, 0.25) is 0 Å². The average Bonchev–Trinajstić information content (AvgIpc) is 2.18. The maximum Gasteiger partial charge on any atom is 0.319 e. The molecule has 0 aromatic heterocycles. The molecule has 0 atom stereocenters. The Labute approximate surface area is 94.4 Å². The van der Waals surface area contributed by atoms with E-state index in [1.54, 1.807) is 6.92 Å². The minimum atomic E-state index is -0.237. The first-order valence-corrected chi connectivity index (χ1v) is 5.21. The zero-order valence-corrected chi connectivity index (χ0v) is 9.38. The minimum Gasteiger partial charge on any atom is -0.465 e. The third-order valence-electron chi connectivity index (χ3n) is 1.79. The van der Waals surface area contributed by atoms with E-state index in [9.17, 15) is 4.79 Å². The van der Waals surface area contributed by atoms with Crippen LogP contribution in [0.1, 0.15) is 12.5 Å². The van der Waals surface area contributed by atoms with Crippen LogP contribution in [0.15, 0.2) is 24.3 Å². The average molecular weight is 228 g/mol. The van der Waals surface area contributed by atoms with E-state index in [2.05, 4.69) is 5.32 Å². The van der Waals surface area contributed by atoms with E-state index in [0.717, 1.165) is 5.56 Å². The number of carbonyl (C=O) groups excluding carboxylic acids is 1. The Morgan fingerprint density at radius 2 is 2.33 bits per heavy atom. The highest BCUT2D eigenvalue weighted by Crippen LogP contribution is 2.09. The van der Waals surface area contributed by atoms with Crippen LogP contribution in [0, 0.1) is 0 Å². The van der Waals surface area contributed by atoms with Gasteiger partial charge in [-0.25, -0.2) is 0 Å². The summed E-state index contributed by atoms with van der Waals surface area (Å²) in [6.45, 7) is 3.03. The van der Waals surface area contributed by atoms with Gasteiger partial charge >= 0.3 is 5.97 Å². The van der Waals surface area contributed by atoms with Gasteiger partial charge in [-0.15, -0.1) is 0 Å². The van der Waals surface area contributed by atoms with Crippen LogP contribution in [0.4, 0.5) is 0 Å². The van der Waals surface area contributed by atoms with Crippen LogP contribution in [-0.4, -0.2) is 19.1 Å². The first-order valence-electron chi connectivity index (χ1n) is 4.83.